The zero-order valence-corrected chi connectivity index (χ0v) is 10.5. The number of alkyl halides is 2. The van der Waals surface area contributed by atoms with Crippen LogP contribution in [0, 0.1) is 5.41 Å². The Bertz CT molecular complexity index is 204. The maximum atomic E-state index is 11.8. The molecule has 1 aliphatic heterocycles. The van der Waals surface area contributed by atoms with E-state index in [9.17, 15) is 8.78 Å². The smallest absolute Gasteiger partial charge is 0.323 e. The zero-order valence-electron chi connectivity index (χ0n) is 10.5. The van der Waals surface area contributed by atoms with Crippen molar-refractivity contribution in [1.82, 2.24) is 4.90 Å². The number of nitrogens with zero attached hydrogens (tertiary/aromatic N) is 1. The van der Waals surface area contributed by atoms with E-state index in [1.54, 1.807) is 0 Å². The molecule has 2 nitrogen and oxygen atoms in total. The maximum Gasteiger partial charge on any atom is 0.345 e. The highest BCUT2D eigenvalue weighted by molar-refractivity contribution is 4.82. The van der Waals surface area contributed by atoms with Gasteiger partial charge in [-0.3, -0.25) is 4.90 Å². The Morgan fingerprint density at radius 3 is 2.62 bits per heavy atom. The van der Waals surface area contributed by atoms with E-state index >= 15 is 0 Å². The van der Waals surface area contributed by atoms with Gasteiger partial charge in [0.05, 0.1) is 6.61 Å². The molecular weight excluding hydrogens is 212 g/mol. The fourth-order valence-corrected chi connectivity index (χ4v) is 2.33. The standard InChI is InChI=1S/C12H23F2NO/c1-12(2,3)9-15-7-4-5-10(15)6-8-16-11(13)14/h10-11H,4-9H2,1-3H3. The lowest BCUT2D eigenvalue weighted by molar-refractivity contribution is -0.131. The van der Waals surface area contributed by atoms with E-state index in [4.69, 9.17) is 0 Å². The van der Waals surface area contributed by atoms with Crippen LogP contribution in [0.25, 0.3) is 0 Å². The minimum atomic E-state index is -2.63. The molecule has 1 aliphatic rings. The van der Waals surface area contributed by atoms with Gasteiger partial charge in [-0.05, 0) is 31.2 Å². The molecule has 1 rings (SSSR count). The summed E-state index contributed by atoms with van der Waals surface area (Å²) in [6.45, 7) is 6.29. The summed E-state index contributed by atoms with van der Waals surface area (Å²) in [5.74, 6) is 0. The summed E-state index contributed by atoms with van der Waals surface area (Å²) < 4.78 is 28.0. The molecule has 4 heteroatoms. The van der Waals surface area contributed by atoms with E-state index in [0.717, 1.165) is 25.9 Å². The van der Waals surface area contributed by atoms with Crippen LogP contribution in [-0.4, -0.2) is 37.2 Å². The first kappa shape index (κ1) is 13.8. The number of halogens is 2. The van der Waals surface area contributed by atoms with Gasteiger partial charge in [-0.15, -0.1) is 0 Å². The molecule has 96 valence electrons. The van der Waals surface area contributed by atoms with Gasteiger partial charge in [-0.25, -0.2) is 0 Å². The number of rotatable bonds is 5. The van der Waals surface area contributed by atoms with E-state index in [1.807, 2.05) is 0 Å². The lowest BCUT2D eigenvalue weighted by Crippen LogP contribution is -2.37. The third-order valence-electron chi connectivity index (χ3n) is 2.87. The molecule has 16 heavy (non-hydrogen) atoms. The summed E-state index contributed by atoms with van der Waals surface area (Å²) >= 11 is 0. The molecule has 1 heterocycles. The van der Waals surface area contributed by atoms with Crippen molar-refractivity contribution in [3.8, 4) is 0 Å². The van der Waals surface area contributed by atoms with E-state index in [1.165, 1.54) is 6.42 Å². The summed E-state index contributed by atoms with van der Waals surface area (Å²) in [6, 6.07) is 0.429. The van der Waals surface area contributed by atoms with Crippen LogP contribution in [0.5, 0.6) is 0 Å². The van der Waals surface area contributed by atoms with Gasteiger partial charge >= 0.3 is 6.61 Å². The van der Waals surface area contributed by atoms with E-state index < -0.39 is 6.61 Å². The quantitative estimate of drug-likeness (QED) is 0.726. The Hall–Kier alpha value is -0.220. The van der Waals surface area contributed by atoms with Crippen LogP contribution in [0.15, 0.2) is 0 Å². The number of ether oxygens (including phenoxy) is 1. The normalized spacial score (nSPS) is 23.2. The average Bonchev–Trinajstić information content (AvgIpc) is 2.49. The van der Waals surface area contributed by atoms with Crippen LogP contribution in [0.4, 0.5) is 8.78 Å². The Morgan fingerprint density at radius 1 is 1.38 bits per heavy atom. The van der Waals surface area contributed by atoms with Crippen LogP contribution >= 0.6 is 0 Å². The van der Waals surface area contributed by atoms with E-state index in [0.29, 0.717) is 6.04 Å². The first-order chi connectivity index (χ1) is 7.38. The van der Waals surface area contributed by atoms with Gasteiger partial charge in [0, 0.05) is 12.6 Å². The van der Waals surface area contributed by atoms with Crippen molar-refractivity contribution in [2.24, 2.45) is 5.41 Å². The molecule has 0 spiro atoms. The molecule has 0 aliphatic carbocycles. The molecule has 0 radical (unpaired) electrons. The molecule has 0 amide bonds. The minimum Gasteiger partial charge on any atom is -0.323 e. The van der Waals surface area contributed by atoms with E-state index in [2.05, 4.69) is 30.4 Å². The predicted octanol–water partition coefficient (Wildman–Crippen LogP) is 3.13. The first-order valence-electron chi connectivity index (χ1n) is 6.02. The summed E-state index contributed by atoms with van der Waals surface area (Å²) in [4.78, 5) is 2.41. The second kappa shape index (κ2) is 5.92. The average molecular weight is 235 g/mol. The van der Waals surface area contributed by atoms with Crippen molar-refractivity contribution in [2.75, 3.05) is 19.7 Å². The summed E-state index contributed by atoms with van der Waals surface area (Å²) in [5, 5.41) is 0. The highest BCUT2D eigenvalue weighted by atomic mass is 19.3. The SMILES string of the molecule is CC(C)(C)CN1CCCC1CCOC(F)F. The third-order valence-corrected chi connectivity index (χ3v) is 2.87. The molecule has 0 bridgehead atoms. The molecule has 0 saturated carbocycles. The molecule has 1 saturated heterocycles. The van der Waals surface area contributed by atoms with Crippen LogP contribution < -0.4 is 0 Å². The summed E-state index contributed by atoms with van der Waals surface area (Å²) in [6.07, 6.45) is 3.01. The van der Waals surface area contributed by atoms with Gasteiger partial charge in [-0.2, -0.15) is 8.78 Å². The third kappa shape index (κ3) is 5.21. The van der Waals surface area contributed by atoms with Crippen LogP contribution in [0.3, 0.4) is 0 Å². The van der Waals surface area contributed by atoms with Gasteiger partial charge in [-0.1, -0.05) is 20.8 Å². The first-order valence-corrected chi connectivity index (χ1v) is 6.02. The fraction of sp³-hybridized carbons (Fsp3) is 1.00. The molecule has 1 atom stereocenters. The monoisotopic (exact) mass is 235 g/mol. The van der Waals surface area contributed by atoms with Crippen molar-refractivity contribution in [3.63, 3.8) is 0 Å². The lowest BCUT2D eigenvalue weighted by Gasteiger charge is -2.31. The molecule has 1 unspecified atom stereocenters. The number of likely N-dealkylation sites (tertiary alicyclic amines) is 1. The molecule has 0 aromatic carbocycles. The van der Waals surface area contributed by atoms with Crippen molar-refractivity contribution in [1.29, 1.82) is 0 Å². The Kier molecular flexibility index (Phi) is 5.12. The fourth-order valence-electron chi connectivity index (χ4n) is 2.33. The van der Waals surface area contributed by atoms with Crippen molar-refractivity contribution in [2.45, 2.75) is 52.7 Å². The van der Waals surface area contributed by atoms with Gasteiger partial charge < -0.3 is 4.74 Å². The Morgan fingerprint density at radius 2 is 2.06 bits per heavy atom. The van der Waals surface area contributed by atoms with Gasteiger partial charge in [0.1, 0.15) is 0 Å². The number of hydrogen-bond donors (Lipinski definition) is 0. The molecule has 0 aromatic rings. The van der Waals surface area contributed by atoms with Crippen LogP contribution in [0.2, 0.25) is 0 Å². The maximum absolute atomic E-state index is 11.8. The largest absolute Gasteiger partial charge is 0.345 e. The second-order valence-corrected chi connectivity index (χ2v) is 5.75. The van der Waals surface area contributed by atoms with Crippen LogP contribution in [0.1, 0.15) is 40.0 Å². The lowest BCUT2D eigenvalue weighted by atomic mass is 9.95. The summed E-state index contributed by atoms with van der Waals surface area (Å²) in [5.41, 5.74) is 0.270. The molecule has 1 fully saturated rings. The predicted molar refractivity (Wildman–Crippen MR) is 60.6 cm³/mol. The molecule has 0 aromatic heterocycles. The highest BCUT2D eigenvalue weighted by Crippen LogP contribution is 2.25. The summed E-state index contributed by atoms with van der Waals surface area (Å²) in [7, 11) is 0. The second-order valence-electron chi connectivity index (χ2n) is 5.75. The van der Waals surface area contributed by atoms with E-state index in [-0.39, 0.29) is 12.0 Å². The van der Waals surface area contributed by atoms with Crippen molar-refractivity contribution >= 4 is 0 Å². The topological polar surface area (TPSA) is 12.5 Å². The molecular formula is C12H23F2NO. The van der Waals surface area contributed by atoms with Gasteiger partial charge in [0.25, 0.3) is 0 Å². The van der Waals surface area contributed by atoms with Crippen molar-refractivity contribution < 1.29 is 13.5 Å². The highest BCUT2D eigenvalue weighted by Gasteiger charge is 2.27. The number of hydrogen-bond acceptors (Lipinski definition) is 2. The van der Waals surface area contributed by atoms with Gasteiger partial charge in [0.15, 0.2) is 0 Å². The zero-order chi connectivity index (χ0) is 12.2. The van der Waals surface area contributed by atoms with Gasteiger partial charge in [0.2, 0.25) is 0 Å². The minimum absolute atomic E-state index is 0.170. The Labute approximate surface area is 97.0 Å². The Balaban J connectivity index is 2.29. The molecule has 0 N–H and O–H groups in total. The van der Waals surface area contributed by atoms with Crippen LogP contribution in [-0.2, 0) is 4.74 Å². The van der Waals surface area contributed by atoms with Crippen molar-refractivity contribution in [3.05, 3.63) is 0 Å².